The van der Waals surface area contributed by atoms with E-state index in [1.54, 1.807) is 0 Å². The Balaban J connectivity index is 1.71. The smallest absolute Gasteiger partial charge is 0.0443 e. The summed E-state index contributed by atoms with van der Waals surface area (Å²) >= 11 is 0. The number of nitrogens with two attached hydrogens (primary N) is 1. The molecule has 3 aliphatic rings. The van der Waals surface area contributed by atoms with Crippen LogP contribution in [0.15, 0.2) is 24.3 Å². The first-order valence-corrected chi connectivity index (χ1v) is 8.10. The van der Waals surface area contributed by atoms with Crippen molar-refractivity contribution in [2.45, 2.75) is 51.0 Å². The summed E-state index contributed by atoms with van der Waals surface area (Å²) in [5.74, 6) is 3.65. The van der Waals surface area contributed by atoms with Gasteiger partial charge in [-0.1, -0.05) is 37.6 Å². The fraction of sp³-hybridized carbons (Fsp3) is 0.667. The van der Waals surface area contributed by atoms with Gasteiger partial charge < -0.3 is 5.73 Å². The lowest BCUT2D eigenvalue weighted by atomic mass is 9.68. The van der Waals surface area contributed by atoms with Gasteiger partial charge in [-0.2, -0.15) is 0 Å². The lowest BCUT2D eigenvalue weighted by Gasteiger charge is -2.40. The zero-order valence-electron chi connectivity index (χ0n) is 11.9. The molecule has 4 rings (SSSR count). The fourth-order valence-corrected chi connectivity index (χ4v) is 5.60. The average molecular weight is 255 g/mol. The van der Waals surface area contributed by atoms with Crippen LogP contribution >= 0.6 is 0 Å². The van der Waals surface area contributed by atoms with Gasteiger partial charge in [0.25, 0.3) is 0 Å². The summed E-state index contributed by atoms with van der Waals surface area (Å²) in [6, 6.07) is 9.10. The highest BCUT2D eigenvalue weighted by Gasteiger charge is 2.59. The third kappa shape index (κ3) is 1.57. The van der Waals surface area contributed by atoms with Gasteiger partial charge in [-0.25, -0.2) is 0 Å². The second-order valence-electron chi connectivity index (χ2n) is 7.16. The molecule has 0 spiro atoms. The second-order valence-corrected chi connectivity index (χ2v) is 7.16. The number of hydrogen-bond acceptors (Lipinski definition) is 1. The summed E-state index contributed by atoms with van der Waals surface area (Å²) < 4.78 is 0. The minimum absolute atomic E-state index is 0.0125. The number of hydrogen-bond donors (Lipinski definition) is 1. The molecule has 0 amide bonds. The number of rotatable bonds is 2. The van der Waals surface area contributed by atoms with Crippen molar-refractivity contribution in [3.05, 3.63) is 35.4 Å². The monoisotopic (exact) mass is 255 g/mol. The van der Waals surface area contributed by atoms with Crippen molar-refractivity contribution in [3.63, 3.8) is 0 Å². The van der Waals surface area contributed by atoms with E-state index < -0.39 is 0 Å². The predicted octanol–water partition coefficient (Wildman–Crippen LogP) is 3.86. The Labute approximate surface area is 116 Å². The molecule has 1 nitrogen and oxygen atoms in total. The maximum Gasteiger partial charge on any atom is 0.0443 e. The topological polar surface area (TPSA) is 26.0 Å². The van der Waals surface area contributed by atoms with Gasteiger partial charge in [0.2, 0.25) is 0 Å². The second kappa shape index (κ2) is 4.09. The summed E-state index contributed by atoms with van der Waals surface area (Å²) in [7, 11) is 0. The molecule has 0 aliphatic heterocycles. The van der Waals surface area contributed by atoms with E-state index in [1.807, 2.05) is 0 Å². The number of fused-ring (bicyclic) bond motifs is 5. The Kier molecular flexibility index (Phi) is 2.57. The molecule has 0 heterocycles. The lowest BCUT2D eigenvalue weighted by Crippen LogP contribution is -2.46. The van der Waals surface area contributed by atoms with Crippen molar-refractivity contribution >= 4 is 0 Å². The van der Waals surface area contributed by atoms with Crippen LogP contribution in [-0.2, 0) is 12.0 Å². The van der Waals surface area contributed by atoms with Gasteiger partial charge in [0.05, 0.1) is 0 Å². The molecule has 5 atom stereocenters. The zero-order chi connectivity index (χ0) is 13.0. The lowest BCUT2D eigenvalue weighted by molar-refractivity contribution is 0.156. The van der Waals surface area contributed by atoms with Gasteiger partial charge in [-0.3, -0.25) is 0 Å². The first kappa shape index (κ1) is 12.0. The maximum absolute atomic E-state index is 6.95. The molecule has 0 aromatic heterocycles. The van der Waals surface area contributed by atoms with E-state index in [9.17, 15) is 0 Å². The standard InChI is InChI=1S/C18H25N/c1-2-12-5-3-6-14(9-12)18(19)11-13-10-17(18)16-8-4-7-15(13)16/h3,5-6,9,13,15-17H,2,4,7-8,10-11,19H2,1H3. The third-order valence-corrected chi connectivity index (χ3v) is 6.44. The molecule has 0 radical (unpaired) electrons. The van der Waals surface area contributed by atoms with E-state index in [0.29, 0.717) is 0 Å². The van der Waals surface area contributed by atoms with Crippen LogP contribution < -0.4 is 5.73 Å². The highest BCUT2D eigenvalue weighted by Crippen LogP contribution is 2.64. The SMILES string of the molecule is CCc1cccc(C2(N)CC3CC2C2CCCC32)c1. The molecule has 1 aromatic carbocycles. The molecule has 3 saturated carbocycles. The van der Waals surface area contributed by atoms with Crippen LogP contribution in [0.2, 0.25) is 0 Å². The molecular formula is C18H25N. The van der Waals surface area contributed by atoms with Gasteiger partial charge in [-0.15, -0.1) is 0 Å². The van der Waals surface area contributed by atoms with Crippen LogP contribution in [0, 0.1) is 23.7 Å². The first-order chi connectivity index (χ1) is 9.22. The molecule has 1 heteroatoms. The van der Waals surface area contributed by atoms with Crippen molar-refractivity contribution in [1.29, 1.82) is 0 Å². The Bertz CT molecular complexity index is 494. The molecule has 5 unspecified atom stereocenters. The fourth-order valence-electron chi connectivity index (χ4n) is 5.60. The molecule has 0 saturated heterocycles. The van der Waals surface area contributed by atoms with E-state index in [-0.39, 0.29) is 5.54 Å². The maximum atomic E-state index is 6.95. The van der Waals surface area contributed by atoms with Crippen LogP contribution in [0.4, 0.5) is 0 Å². The van der Waals surface area contributed by atoms with Gasteiger partial charge in [-0.05, 0) is 66.9 Å². The quantitative estimate of drug-likeness (QED) is 0.853. The number of aryl methyl sites for hydroxylation is 1. The van der Waals surface area contributed by atoms with E-state index in [4.69, 9.17) is 5.73 Å². The predicted molar refractivity (Wildman–Crippen MR) is 78.7 cm³/mol. The van der Waals surface area contributed by atoms with Crippen molar-refractivity contribution in [2.24, 2.45) is 29.4 Å². The van der Waals surface area contributed by atoms with Gasteiger partial charge in [0.15, 0.2) is 0 Å². The van der Waals surface area contributed by atoms with Crippen LogP contribution in [0.3, 0.4) is 0 Å². The minimum atomic E-state index is -0.0125. The highest BCUT2D eigenvalue weighted by atomic mass is 14.8. The van der Waals surface area contributed by atoms with E-state index in [0.717, 1.165) is 30.1 Å². The van der Waals surface area contributed by atoms with Crippen LogP contribution in [-0.4, -0.2) is 0 Å². The van der Waals surface area contributed by atoms with Gasteiger partial charge in [0, 0.05) is 5.54 Å². The molecule has 3 aliphatic carbocycles. The van der Waals surface area contributed by atoms with Crippen LogP contribution in [0.5, 0.6) is 0 Å². The first-order valence-electron chi connectivity index (χ1n) is 8.10. The van der Waals surface area contributed by atoms with Crippen molar-refractivity contribution < 1.29 is 0 Å². The molecule has 19 heavy (non-hydrogen) atoms. The van der Waals surface area contributed by atoms with E-state index in [1.165, 1.54) is 43.2 Å². The third-order valence-electron chi connectivity index (χ3n) is 6.44. The van der Waals surface area contributed by atoms with Crippen molar-refractivity contribution in [3.8, 4) is 0 Å². The Morgan fingerprint density at radius 2 is 2.11 bits per heavy atom. The average Bonchev–Trinajstić information content (AvgIpc) is 3.10. The van der Waals surface area contributed by atoms with Crippen LogP contribution in [0.1, 0.15) is 50.2 Å². The minimum Gasteiger partial charge on any atom is -0.321 e. The summed E-state index contributed by atoms with van der Waals surface area (Å²) in [6.45, 7) is 2.23. The summed E-state index contributed by atoms with van der Waals surface area (Å²) in [5.41, 5.74) is 9.79. The summed E-state index contributed by atoms with van der Waals surface area (Å²) in [5, 5.41) is 0. The molecule has 2 N–H and O–H groups in total. The molecular weight excluding hydrogens is 230 g/mol. The molecule has 1 aromatic rings. The van der Waals surface area contributed by atoms with E-state index in [2.05, 4.69) is 31.2 Å². The zero-order valence-corrected chi connectivity index (χ0v) is 11.9. The Morgan fingerprint density at radius 1 is 1.26 bits per heavy atom. The van der Waals surface area contributed by atoms with Gasteiger partial charge >= 0.3 is 0 Å². The number of benzene rings is 1. The Morgan fingerprint density at radius 3 is 2.95 bits per heavy atom. The van der Waals surface area contributed by atoms with Gasteiger partial charge in [0.1, 0.15) is 0 Å². The highest BCUT2D eigenvalue weighted by molar-refractivity contribution is 5.33. The van der Waals surface area contributed by atoms with E-state index >= 15 is 0 Å². The summed E-state index contributed by atoms with van der Waals surface area (Å²) in [4.78, 5) is 0. The van der Waals surface area contributed by atoms with Crippen LogP contribution in [0.25, 0.3) is 0 Å². The van der Waals surface area contributed by atoms with Crippen molar-refractivity contribution in [2.75, 3.05) is 0 Å². The summed E-state index contributed by atoms with van der Waals surface area (Å²) in [6.07, 6.45) is 8.14. The Hall–Kier alpha value is -0.820. The molecule has 3 fully saturated rings. The van der Waals surface area contributed by atoms with Crippen molar-refractivity contribution in [1.82, 2.24) is 0 Å². The normalized spacial score (nSPS) is 43.7. The molecule has 102 valence electrons. The largest absolute Gasteiger partial charge is 0.321 e. The molecule has 2 bridgehead atoms.